The maximum atomic E-state index is 5.75. The van der Waals surface area contributed by atoms with Crippen molar-refractivity contribution in [3.8, 4) is 0 Å². The summed E-state index contributed by atoms with van der Waals surface area (Å²) in [4.78, 5) is 0. The van der Waals surface area contributed by atoms with Crippen molar-refractivity contribution in [1.29, 1.82) is 0 Å². The third-order valence-corrected chi connectivity index (χ3v) is 2.58. The molecule has 0 aromatic carbocycles. The number of hydrogen-bond donors (Lipinski definition) is 0. The van der Waals surface area contributed by atoms with Crippen molar-refractivity contribution in [2.24, 2.45) is 0 Å². The highest BCUT2D eigenvalue weighted by molar-refractivity contribution is 6.45. The zero-order chi connectivity index (χ0) is 10.1. The van der Waals surface area contributed by atoms with Crippen molar-refractivity contribution in [3.05, 3.63) is 12.2 Å². The molecule has 0 bridgehead atoms. The van der Waals surface area contributed by atoms with Gasteiger partial charge in [-0.05, 0) is 40.4 Å². The molecule has 1 aliphatic rings. The van der Waals surface area contributed by atoms with E-state index in [0.717, 1.165) is 12.7 Å². The SMILES string of the molecule is C=C(C)CCB1OC(C)C(C)(C)O1. The molecule has 1 unspecified atom stereocenters. The zero-order valence-electron chi connectivity index (χ0n) is 9.09. The maximum absolute atomic E-state index is 5.75. The largest absolute Gasteiger partial charge is 0.457 e. The Labute approximate surface area is 81.4 Å². The highest BCUT2D eigenvalue weighted by atomic mass is 16.7. The summed E-state index contributed by atoms with van der Waals surface area (Å²) in [7, 11) is -0.0401. The van der Waals surface area contributed by atoms with Gasteiger partial charge in [-0.1, -0.05) is 5.57 Å². The molecule has 1 heterocycles. The molecule has 1 aliphatic heterocycles. The molecule has 1 saturated heterocycles. The number of hydrogen-bond acceptors (Lipinski definition) is 2. The maximum Gasteiger partial charge on any atom is 0.457 e. The first-order valence-corrected chi connectivity index (χ1v) is 4.89. The summed E-state index contributed by atoms with van der Waals surface area (Å²) in [5.41, 5.74) is 1.05. The fourth-order valence-electron chi connectivity index (χ4n) is 1.35. The first kappa shape index (κ1) is 10.8. The molecule has 1 rings (SSSR count). The number of allylic oxidation sites excluding steroid dienone is 1. The lowest BCUT2D eigenvalue weighted by molar-refractivity contribution is 0.0839. The van der Waals surface area contributed by atoms with Crippen LogP contribution in [0.2, 0.25) is 6.32 Å². The molecule has 0 spiro atoms. The minimum atomic E-state index is -0.139. The molecule has 0 aliphatic carbocycles. The molecule has 1 atom stereocenters. The molecule has 74 valence electrons. The Kier molecular flexibility index (Phi) is 3.20. The van der Waals surface area contributed by atoms with Crippen molar-refractivity contribution in [1.82, 2.24) is 0 Å². The van der Waals surface area contributed by atoms with E-state index in [-0.39, 0.29) is 18.8 Å². The molecular weight excluding hydrogens is 163 g/mol. The lowest BCUT2D eigenvalue weighted by atomic mass is 9.82. The molecular formula is C10H19BO2. The van der Waals surface area contributed by atoms with Crippen molar-refractivity contribution in [2.75, 3.05) is 0 Å². The summed E-state index contributed by atoms with van der Waals surface area (Å²) in [5, 5.41) is 0. The standard InChI is InChI=1S/C10H19BO2/c1-8(2)6-7-11-12-9(3)10(4,5)13-11/h9H,1,6-7H2,2-5H3. The molecule has 0 N–H and O–H groups in total. The van der Waals surface area contributed by atoms with Gasteiger partial charge < -0.3 is 9.31 Å². The second-order valence-corrected chi connectivity index (χ2v) is 4.42. The van der Waals surface area contributed by atoms with Gasteiger partial charge in [-0.2, -0.15) is 0 Å². The van der Waals surface area contributed by atoms with Crippen molar-refractivity contribution < 1.29 is 9.31 Å². The summed E-state index contributed by atoms with van der Waals surface area (Å²) >= 11 is 0. The zero-order valence-corrected chi connectivity index (χ0v) is 9.09. The van der Waals surface area contributed by atoms with Crippen LogP contribution in [-0.2, 0) is 9.31 Å². The van der Waals surface area contributed by atoms with Crippen LogP contribution in [0.5, 0.6) is 0 Å². The van der Waals surface area contributed by atoms with E-state index in [1.54, 1.807) is 0 Å². The van der Waals surface area contributed by atoms with Gasteiger partial charge in [-0.3, -0.25) is 0 Å². The second kappa shape index (κ2) is 3.85. The molecule has 1 fully saturated rings. The monoisotopic (exact) mass is 182 g/mol. The highest BCUT2D eigenvalue weighted by Crippen LogP contribution is 2.29. The van der Waals surface area contributed by atoms with Crippen molar-refractivity contribution in [3.63, 3.8) is 0 Å². The van der Waals surface area contributed by atoms with E-state index in [4.69, 9.17) is 9.31 Å². The van der Waals surface area contributed by atoms with E-state index in [2.05, 4.69) is 27.4 Å². The Hall–Kier alpha value is -0.275. The quantitative estimate of drug-likeness (QED) is 0.493. The van der Waals surface area contributed by atoms with Crippen LogP contribution in [0.1, 0.15) is 34.1 Å². The topological polar surface area (TPSA) is 18.5 Å². The van der Waals surface area contributed by atoms with Crippen LogP contribution < -0.4 is 0 Å². The van der Waals surface area contributed by atoms with Crippen LogP contribution in [-0.4, -0.2) is 18.8 Å². The average molecular weight is 182 g/mol. The Morgan fingerprint density at radius 3 is 2.54 bits per heavy atom. The van der Waals surface area contributed by atoms with Gasteiger partial charge in [0.25, 0.3) is 0 Å². The Morgan fingerprint density at radius 1 is 1.54 bits per heavy atom. The van der Waals surface area contributed by atoms with Crippen molar-refractivity contribution in [2.45, 2.75) is 52.1 Å². The summed E-state index contributed by atoms with van der Waals surface area (Å²) in [6, 6.07) is 0. The van der Waals surface area contributed by atoms with Crippen LogP contribution in [0.4, 0.5) is 0 Å². The Balaban J connectivity index is 2.36. The highest BCUT2D eigenvalue weighted by Gasteiger charge is 2.42. The molecule has 3 heteroatoms. The normalized spacial score (nSPS) is 26.5. The fourth-order valence-corrected chi connectivity index (χ4v) is 1.35. The van der Waals surface area contributed by atoms with Gasteiger partial charge in [0.05, 0.1) is 11.7 Å². The minimum Gasteiger partial charge on any atom is -0.406 e. The van der Waals surface area contributed by atoms with Gasteiger partial charge in [0.15, 0.2) is 0 Å². The van der Waals surface area contributed by atoms with Crippen LogP contribution in [0, 0.1) is 0 Å². The summed E-state index contributed by atoms with van der Waals surface area (Å²) in [6.07, 6.45) is 2.08. The van der Waals surface area contributed by atoms with E-state index in [9.17, 15) is 0 Å². The van der Waals surface area contributed by atoms with Gasteiger partial charge in [0.1, 0.15) is 0 Å². The first-order chi connectivity index (χ1) is 5.92. The van der Waals surface area contributed by atoms with Gasteiger partial charge in [0, 0.05) is 0 Å². The predicted molar refractivity (Wildman–Crippen MR) is 55.7 cm³/mol. The molecule has 13 heavy (non-hydrogen) atoms. The minimum absolute atomic E-state index is 0.0401. The lowest BCUT2D eigenvalue weighted by Gasteiger charge is -2.21. The van der Waals surface area contributed by atoms with E-state index in [1.807, 2.05) is 6.92 Å². The first-order valence-electron chi connectivity index (χ1n) is 4.89. The van der Waals surface area contributed by atoms with E-state index >= 15 is 0 Å². The molecule has 0 amide bonds. The van der Waals surface area contributed by atoms with Gasteiger partial charge in [0.2, 0.25) is 0 Å². The molecule has 2 nitrogen and oxygen atoms in total. The third-order valence-electron chi connectivity index (χ3n) is 2.58. The summed E-state index contributed by atoms with van der Waals surface area (Å²) in [6.45, 7) is 12.1. The Bertz CT molecular complexity index is 201. The van der Waals surface area contributed by atoms with E-state index < -0.39 is 0 Å². The van der Waals surface area contributed by atoms with E-state index in [0.29, 0.717) is 0 Å². The van der Waals surface area contributed by atoms with Crippen LogP contribution in [0.3, 0.4) is 0 Å². The van der Waals surface area contributed by atoms with Gasteiger partial charge >= 0.3 is 7.12 Å². The van der Waals surface area contributed by atoms with Crippen LogP contribution >= 0.6 is 0 Å². The van der Waals surface area contributed by atoms with Crippen LogP contribution in [0.25, 0.3) is 0 Å². The number of rotatable bonds is 3. The molecule has 0 aromatic heterocycles. The molecule has 0 aromatic rings. The average Bonchev–Trinajstić information content (AvgIpc) is 2.22. The molecule has 0 saturated carbocycles. The van der Waals surface area contributed by atoms with Gasteiger partial charge in [-0.15, -0.1) is 6.58 Å². The third kappa shape index (κ3) is 2.85. The smallest absolute Gasteiger partial charge is 0.406 e. The summed E-state index contributed by atoms with van der Waals surface area (Å²) in [5.74, 6) is 0. The lowest BCUT2D eigenvalue weighted by Crippen LogP contribution is -2.30. The fraction of sp³-hybridized carbons (Fsp3) is 0.800. The van der Waals surface area contributed by atoms with Gasteiger partial charge in [-0.25, -0.2) is 0 Å². The second-order valence-electron chi connectivity index (χ2n) is 4.42. The Morgan fingerprint density at radius 2 is 2.15 bits per heavy atom. The van der Waals surface area contributed by atoms with Crippen molar-refractivity contribution >= 4 is 7.12 Å². The molecule has 0 radical (unpaired) electrons. The summed E-state index contributed by atoms with van der Waals surface area (Å²) < 4.78 is 11.4. The predicted octanol–water partition coefficient (Wildman–Crippen LogP) is 2.65. The van der Waals surface area contributed by atoms with E-state index in [1.165, 1.54) is 5.57 Å². The van der Waals surface area contributed by atoms with Crippen LogP contribution in [0.15, 0.2) is 12.2 Å².